The lowest BCUT2D eigenvalue weighted by Crippen LogP contribution is -2.51. The average molecular weight is 481 g/mol. The quantitative estimate of drug-likeness (QED) is 0.488. The van der Waals surface area contributed by atoms with Crippen LogP contribution in [0.3, 0.4) is 0 Å². The van der Waals surface area contributed by atoms with E-state index in [-0.39, 0.29) is 54.9 Å². The number of Topliss-reactive ketones (excluding diaryl/α,β-unsaturated/α-hetero) is 1. The van der Waals surface area contributed by atoms with Crippen molar-refractivity contribution in [1.29, 1.82) is 0 Å². The number of hydrogen-bond donors (Lipinski definition) is 2. The first kappa shape index (κ1) is 27.6. The lowest BCUT2D eigenvalue weighted by atomic mass is 9.98. The Balaban J connectivity index is 2.11. The van der Waals surface area contributed by atoms with Crippen molar-refractivity contribution in [2.45, 2.75) is 84.9 Å². The molecule has 2 aliphatic heterocycles. The third-order valence-electron chi connectivity index (χ3n) is 5.98. The third kappa shape index (κ3) is 7.70. The Hall–Kier alpha value is -2.65. The molecule has 10 heteroatoms. The van der Waals surface area contributed by atoms with Crippen LogP contribution in [0.15, 0.2) is 0 Å². The second kappa shape index (κ2) is 11.7. The van der Waals surface area contributed by atoms with E-state index in [2.05, 4.69) is 10.6 Å². The Morgan fingerprint density at radius 3 is 2.41 bits per heavy atom. The molecule has 192 valence electrons. The van der Waals surface area contributed by atoms with E-state index in [9.17, 15) is 24.0 Å². The number of nitrogens with zero attached hydrogens (tertiary/aromatic N) is 2. The van der Waals surface area contributed by atoms with Crippen LogP contribution in [0.4, 0.5) is 4.79 Å². The zero-order valence-electron chi connectivity index (χ0n) is 21.3. The molecule has 2 N–H and O–H groups in total. The SMILES string of the molecule is CCC(=O)N(CC(=O)[C@H](CC(C)C)N1CC[C@H](NC(=O)OC(C)(C)C)C1=O)C[C@@H]1CCNC1=O. The van der Waals surface area contributed by atoms with Crippen molar-refractivity contribution in [2.24, 2.45) is 11.8 Å². The number of likely N-dealkylation sites (tertiary alicyclic amines) is 1. The molecule has 0 bridgehead atoms. The van der Waals surface area contributed by atoms with E-state index in [0.29, 0.717) is 32.4 Å². The average Bonchev–Trinajstić information content (AvgIpc) is 3.29. The summed E-state index contributed by atoms with van der Waals surface area (Å²) in [6.07, 6.45) is 0.996. The van der Waals surface area contributed by atoms with E-state index in [1.54, 1.807) is 27.7 Å². The molecule has 0 saturated carbocycles. The molecule has 2 fully saturated rings. The van der Waals surface area contributed by atoms with Gasteiger partial charge in [-0.3, -0.25) is 19.2 Å². The number of amides is 4. The van der Waals surface area contributed by atoms with Crippen LogP contribution in [0.1, 0.15) is 67.2 Å². The number of rotatable bonds is 10. The van der Waals surface area contributed by atoms with E-state index in [1.165, 1.54) is 9.80 Å². The first-order valence-corrected chi connectivity index (χ1v) is 12.2. The van der Waals surface area contributed by atoms with Gasteiger partial charge in [0.2, 0.25) is 17.7 Å². The highest BCUT2D eigenvalue weighted by Crippen LogP contribution is 2.22. The van der Waals surface area contributed by atoms with Gasteiger partial charge in [-0.25, -0.2) is 4.79 Å². The van der Waals surface area contributed by atoms with Gasteiger partial charge in [0.05, 0.1) is 18.5 Å². The Morgan fingerprint density at radius 2 is 1.88 bits per heavy atom. The Labute approximate surface area is 202 Å². The molecule has 0 aromatic heterocycles. The fraction of sp³-hybridized carbons (Fsp3) is 0.792. The maximum atomic E-state index is 13.4. The minimum absolute atomic E-state index is 0.106. The summed E-state index contributed by atoms with van der Waals surface area (Å²) in [6, 6.07) is -1.46. The van der Waals surface area contributed by atoms with Crippen LogP contribution >= 0.6 is 0 Å². The molecule has 2 rings (SSSR count). The highest BCUT2D eigenvalue weighted by atomic mass is 16.6. The summed E-state index contributed by atoms with van der Waals surface area (Å²) in [6.45, 7) is 11.8. The van der Waals surface area contributed by atoms with Crippen molar-refractivity contribution in [3.05, 3.63) is 0 Å². The molecule has 2 saturated heterocycles. The number of carbonyl (C=O) groups is 5. The van der Waals surface area contributed by atoms with Crippen LogP contribution in [0.2, 0.25) is 0 Å². The Morgan fingerprint density at radius 1 is 1.21 bits per heavy atom. The van der Waals surface area contributed by atoms with E-state index < -0.39 is 23.8 Å². The molecular weight excluding hydrogens is 440 g/mol. The van der Waals surface area contributed by atoms with Gasteiger partial charge < -0.3 is 25.2 Å². The number of carbonyl (C=O) groups excluding carboxylic acids is 5. The van der Waals surface area contributed by atoms with Crippen molar-refractivity contribution < 1.29 is 28.7 Å². The summed E-state index contributed by atoms with van der Waals surface area (Å²) in [5.74, 6) is -1.06. The van der Waals surface area contributed by atoms with Crippen LogP contribution < -0.4 is 10.6 Å². The van der Waals surface area contributed by atoms with Crippen molar-refractivity contribution in [2.75, 3.05) is 26.2 Å². The maximum absolute atomic E-state index is 13.4. The smallest absolute Gasteiger partial charge is 0.408 e. The fourth-order valence-electron chi connectivity index (χ4n) is 4.33. The molecule has 2 heterocycles. The van der Waals surface area contributed by atoms with Gasteiger partial charge in [0.1, 0.15) is 11.6 Å². The number of ether oxygens (including phenoxy) is 1. The largest absolute Gasteiger partial charge is 0.444 e. The van der Waals surface area contributed by atoms with Crippen LogP contribution in [-0.4, -0.2) is 83.3 Å². The number of alkyl carbamates (subject to hydrolysis) is 1. The summed E-state index contributed by atoms with van der Waals surface area (Å²) in [5.41, 5.74) is -0.687. The topological polar surface area (TPSA) is 125 Å². The van der Waals surface area contributed by atoms with Crippen molar-refractivity contribution in [1.82, 2.24) is 20.4 Å². The van der Waals surface area contributed by atoms with Crippen LogP contribution in [0.5, 0.6) is 0 Å². The first-order valence-electron chi connectivity index (χ1n) is 12.2. The molecular formula is C24H40N4O6. The van der Waals surface area contributed by atoms with E-state index in [0.717, 1.165) is 0 Å². The predicted octanol–water partition coefficient (Wildman–Crippen LogP) is 1.47. The lowest BCUT2D eigenvalue weighted by molar-refractivity contribution is -0.141. The van der Waals surface area contributed by atoms with Gasteiger partial charge in [-0.15, -0.1) is 0 Å². The van der Waals surface area contributed by atoms with E-state index in [1.807, 2.05) is 13.8 Å². The molecule has 0 aromatic carbocycles. The molecule has 3 atom stereocenters. The number of ketones is 1. The van der Waals surface area contributed by atoms with Crippen LogP contribution in [-0.2, 0) is 23.9 Å². The Kier molecular flexibility index (Phi) is 9.46. The van der Waals surface area contributed by atoms with Crippen molar-refractivity contribution >= 4 is 29.6 Å². The van der Waals surface area contributed by atoms with Gasteiger partial charge in [0.15, 0.2) is 5.78 Å². The highest BCUT2D eigenvalue weighted by Gasteiger charge is 2.41. The predicted molar refractivity (Wildman–Crippen MR) is 126 cm³/mol. The third-order valence-corrected chi connectivity index (χ3v) is 5.98. The number of nitrogens with one attached hydrogen (secondary N) is 2. The summed E-state index contributed by atoms with van der Waals surface area (Å²) < 4.78 is 5.25. The second-order valence-corrected chi connectivity index (χ2v) is 10.5. The molecule has 10 nitrogen and oxygen atoms in total. The summed E-state index contributed by atoms with van der Waals surface area (Å²) in [4.78, 5) is 66.2. The van der Waals surface area contributed by atoms with Crippen molar-refractivity contribution in [3.8, 4) is 0 Å². The second-order valence-electron chi connectivity index (χ2n) is 10.5. The van der Waals surface area contributed by atoms with E-state index in [4.69, 9.17) is 4.74 Å². The molecule has 0 spiro atoms. The highest BCUT2D eigenvalue weighted by molar-refractivity contribution is 5.95. The van der Waals surface area contributed by atoms with Gasteiger partial charge in [-0.1, -0.05) is 20.8 Å². The Bertz CT molecular complexity index is 791. The normalized spacial score (nSPS) is 21.4. The lowest BCUT2D eigenvalue weighted by Gasteiger charge is -2.31. The zero-order chi connectivity index (χ0) is 25.6. The summed E-state index contributed by atoms with van der Waals surface area (Å²) in [7, 11) is 0. The van der Waals surface area contributed by atoms with Crippen LogP contribution in [0, 0.1) is 11.8 Å². The minimum Gasteiger partial charge on any atom is -0.444 e. The molecule has 0 aliphatic carbocycles. The molecule has 4 amide bonds. The fourth-order valence-corrected chi connectivity index (χ4v) is 4.33. The molecule has 2 aliphatic rings. The van der Waals surface area contributed by atoms with Gasteiger partial charge >= 0.3 is 6.09 Å². The molecule has 0 radical (unpaired) electrons. The number of hydrogen-bond acceptors (Lipinski definition) is 6. The molecule has 0 aromatic rings. The monoisotopic (exact) mass is 480 g/mol. The van der Waals surface area contributed by atoms with Gasteiger partial charge in [0, 0.05) is 26.1 Å². The standard InChI is InChI=1S/C24H40N4O6/c1-7-20(30)27(13-16-8-10-25-21(16)31)14-19(29)18(12-15(2)3)28-11-9-17(22(28)32)26-23(33)34-24(4,5)6/h15-18H,7-14H2,1-6H3,(H,25,31)(H,26,33)/t16-,17-,18-/m0/s1. The summed E-state index contributed by atoms with van der Waals surface area (Å²) >= 11 is 0. The van der Waals surface area contributed by atoms with Crippen LogP contribution in [0.25, 0.3) is 0 Å². The molecule has 34 heavy (non-hydrogen) atoms. The maximum Gasteiger partial charge on any atom is 0.408 e. The minimum atomic E-state index is -0.757. The zero-order valence-corrected chi connectivity index (χ0v) is 21.3. The van der Waals surface area contributed by atoms with Crippen molar-refractivity contribution in [3.63, 3.8) is 0 Å². The van der Waals surface area contributed by atoms with Gasteiger partial charge in [-0.05, 0) is 46.0 Å². The first-order chi connectivity index (χ1) is 15.8. The summed E-state index contributed by atoms with van der Waals surface area (Å²) in [5, 5.41) is 5.37. The van der Waals surface area contributed by atoms with Gasteiger partial charge in [-0.2, -0.15) is 0 Å². The van der Waals surface area contributed by atoms with Gasteiger partial charge in [0.25, 0.3) is 0 Å². The van der Waals surface area contributed by atoms with E-state index >= 15 is 0 Å². The molecule has 0 unspecified atom stereocenters.